The molecule has 102 heavy (non-hydrogen) atoms. The number of esters is 4. The average molecular weight is 1490 g/mol. The summed E-state index contributed by atoms with van der Waals surface area (Å²) < 4.78 is 67.6. The number of carbonyl (C=O) groups is 4. The van der Waals surface area contributed by atoms with Crippen molar-refractivity contribution in [3.63, 3.8) is 0 Å². The molecule has 6 atom stereocenters. The Balaban J connectivity index is -0.0000490. The number of carbonyl (C=O) groups excluding carboxylic acids is 4. The predicted octanol–water partition coefficient (Wildman–Crippen LogP) is 15.4. The number of unbranched alkanes of at least 4 members (excludes halogenated alkanes) is 29. The molecule has 0 fully saturated rings. The predicted molar refractivity (Wildman–Crippen MR) is 404 cm³/mol. The number of allylic oxidation sites excluding steroid dienone is 16. The zero-order chi connectivity index (χ0) is 73.4. The second-order valence-corrected chi connectivity index (χ2v) is 29.3. The molecule has 1 N–H and O–H groups in total. The summed E-state index contributed by atoms with van der Waals surface area (Å²) in [7, 11) is -10.5. The quantitative estimate of drug-likeness (QED) is 0.0149. The van der Waals surface area contributed by atoms with E-state index in [0.717, 1.165) is 148 Å². The van der Waals surface area contributed by atoms with Crippen molar-refractivity contribution in [2.45, 2.75) is 348 Å². The second kappa shape index (κ2) is 78.6. The van der Waals surface area contributed by atoms with Crippen LogP contribution in [0.15, 0.2) is 97.2 Å². The van der Waals surface area contributed by atoms with Crippen molar-refractivity contribution in [3.8, 4) is 0 Å². The fraction of sp³-hybridized carbons (Fsp3) is 0.753. The summed E-state index contributed by atoms with van der Waals surface area (Å²) in [6.45, 7) is 6.57. The Morgan fingerprint density at radius 3 is 0.882 bits per heavy atom. The molecule has 0 aromatic heterocycles. The van der Waals surface area contributed by atoms with E-state index in [4.69, 9.17) is 37.0 Å². The molecule has 0 aliphatic rings. The number of aliphatic hydroxyl groups is 1. The van der Waals surface area contributed by atoms with Crippen molar-refractivity contribution in [1.82, 2.24) is 0 Å². The number of aliphatic hydroxyl groups excluding tert-OH is 1. The molecule has 21 heteroatoms. The molecule has 0 radical (unpaired) electrons. The van der Waals surface area contributed by atoms with Gasteiger partial charge in [0.05, 0.1) is 26.4 Å². The molecule has 0 aliphatic carbocycles. The van der Waals surface area contributed by atoms with Gasteiger partial charge < -0.3 is 51.9 Å². The molecule has 0 aromatic rings. The van der Waals surface area contributed by atoms with E-state index in [-0.39, 0.29) is 84.8 Å². The van der Waals surface area contributed by atoms with Gasteiger partial charge in [0.15, 0.2) is 12.2 Å². The molecule has 17 nitrogen and oxygen atoms in total. The van der Waals surface area contributed by atoms with Gasteiger partial charge in [0, 0.05) is 25.7 Å². The van der Waals surface area contributed by atoms with E-state index in [1.54, 1.807) is 0 Å². The van der Waals surface area contributed by atoms with Gasteiger partial charge >= 0.3 is 83.0 Å². The van der Waals surface area contributed by atoms with Crippen LogP contribution in [0.1, 0.15) is 330 Å². The fourth-order valence-corrected chi connectivity index (χ4v) is 12.0. The molecule has 0 saturated carbocycles. The van der Waals surface area contributed by atoms with E-state index in [1.807, 2.05) is 0 Å². The molecule has 0 saturated heterocycles. The standard InChI is InChI=1S/C81H142O17P2.2Na/c1-6-10-14-17-20-23-26-29-32-35-38-43-48-53-58-64-78(83)91-70-76(97-80(85)66-60-55-50-44-39-36-33-30-27-24-21-18-15-11-7-2)72-95-99(87,88)93-68-75(82)69-94-100(89,90)96-73-77(98-81(86)67-61-56-51-45-40-37-34-31-28-25-22-19-16-12-8-3)71-92-79(84)65-59-54-49-46-41-42-47-52-57-63-74(5)62-13-9-4;;/h23-28,32-37,42,47,57,63,74-77,82H,6-22,29-31,38-41,43-46,48-56,58-62,64-73H2,1-5H3,(H,87,88)(H,89,90);;/q;2*+1/p-2. The van der Waals surface area contributed by atoms with E-state index in [2.05, 4.69) is 132 Å². The van der Waals surface area contributed by atoms with Crippen molar-refractivity contribution in [3.05, 3.63) is 97.2 Å². The fourth-order valence-electron chi connectivity index (χ4n) is 10.4. The Kier molecular flexibility index (Phi) is 80.2. The van der Waals surface area contributed by atoms with Gasteiger partial charge in [0.1, 0.15) is 19.3 Å². The van der Waals surface area contributed by atoms with E-state index < -0.39 is 97.5 Å². The minimum atomic E-state index is -5.25. The zero-order valence-corrected chi connectivity index (χ0v) is 71.0. The topological polar surface area (TPSA) is 243 Å². The Bertz CT molecular complexity index is 2310. The van der Waals surface area contributed by atoms with E-state index >= 15 is 0 Å². The van der Waals surface area contributed by atoms with E-state index in [9.17, 15) is 43.2 Å². The van der Waals surface area contributed by atoms with Crippen molar-refractivity contribution in [1.29, 1.82) is 0 Å². The van der Waals surface area contributed by atoms with Crippen LogP contribution in [0.25, 0.3) is 0 Å². The van der Waals surface area contributed by atoms with Gasteiger partial charge in [-0.05, 0) is 154 Å². The third-order valence-corrected chi connectivity index (χ3v) is 18.4. The number of hydrogen-bond acceptors (Lipinski definition) is 17. The summed E-state index contributed by atoms with van der Waals surface area (Å²) in [5.41, 5.74) is 0. The van der Waals surface area contributed by atoms with Crippen LogP contribution < -0.4 is 68.9 Å². The third-order valence-electron chi connectivity index (χ3n) is 16.6. The number of ether oxygens (including phenoxy) is 4. The molecular formula is C81H140Na2O17P2. The van der Waals surface area contributed by atoms with Crippen LogP contribution in [0.5, 0.6) is 0 Å². The third kappa shape index (κ3) is 77.6. The van der Waals surface area contributed by atoms with Gasteiger partial charge in [-0.3, -0.25) is 28.3 Å². The van der Waals surface area contributed by atoms with Crippen LogP contribution >= 0.6 is 15.6 Å². The summed E-state index contributed by atoms with van der Waals surface area (Å²) in [4.78, 5) is 77.6. The summed E-state index contributed by atoms with van der Waals surface area (Å²) in [6.07, 6.45) is 73.5. The van der Waals surface area contributed by atoms with Gasteiger partial charge in [-0.1, -0.05) is 254 Å². The minimum Gasteiger partial charge on any atom is -0.756 e. The van der Waals surface area contributed by atoms with Crippen molar-refractivity contribution in [2.24, 2.45) is 5.92 Å². The van der Waals surface area contributed by atoms with Gasteiger partial charge in [-0.15, -0.1) is 0 Å². The van der Waals surface area contributed by atoms with Crippen LogP contribution in [-0.4, -0.2) is 86.9 Å². The number of phosphoric ester groups is 2. The van der Waals surface area contributed by atoms with Gasteiger partial charge in [0.2, 0.25) is 0 Å². The largest absolute Gasteiger partial charge is 1.00 e. The summed E-state index contributed by atoms with van der Waals surface area (Å²) >= 11 is 0. The maximum absolute atomic E-state index is 13.0. The number of phosphoric acid groups is 2. The van der Waals surface area contributed by atoms with Crippen LogP contribution in [0.3, 0.4) is 0 Å². The molecule has 0 bridgehead atoms. The maximum Gasteiger partial charge on any atom is 1.00 e. The maximum atomic E-state index is 13.0. The van der Waals surface area contributed by atoms with E-state index in [1.165, 1.54) is 96.3 Å². The van der Waals surface area contributed by atoms with Crippen LogP contribution in [0.2, 0.25) is 0 Å². The van der Waals surface area contributed by atoms with Crippen molar-refractivity contribution in [2.75, 3.05) is 39.6 Å². The van der Waals surface area contributed by atoms with E-state index in [0.29, 0.717) is 31.6 Å². The molecule has 6 unspecified atom stereocenters. The first-order chi connectivity index (χ1) is 48.6. The Morgan fingerprint density at radius 2 is 0.588 bits per heavy atom. The van der Waals surface area contributed by atoms with Crippen LogP contribution in [0.4, 0.5) is 0 Å². The zero-order valence-electron chi connectivity index (χ0n) is 65.2. The van der Waals surface area contributed by atoms with Gasteiger partial charge in [-0.2, -0.15) is 0 Å². The second-order valence-electron chi connectivity index (χ2n) is 26.5. The molecular weight excluding hydrogens is 1350 g/mol. The summed E-state index contributed by atoms with van der Waals surface area (Å²) in [6, 6.07) is 0. The monoisotopic (exact) mass is 1490 g/mol. The minimum absolute atomic E-state index is 0. The van der Waals surface area contributed by atoms with Crippen LogP contribution in [-0.2, 0) is 65.4 Å². The van der Waals surface area contributed by atoms with Crippen molar-refractivity contribution >= 4 is 39.5 Å². The summed E-state index contributed by atoms with van der Waals surface area (Å²) in [5, 5.41) is 10.6. The summed E-state index contributed by atoms with van der Waals surface area (Å²) in [5.74, 6) is -1.75. The van der Waals surface area contributed by atoms with Crippen molar-refractivity contribution < 1.29 is 139 Å². The van der Waals surface area contributed by atoms with Gasteiger partial charge in [-0.25, -0.2) is 0 Å². The Hall–Kier alpha value is -2.02. The number of rotatable bonds is 73. The molecule has 0 aromatic carbocycles. The number of hydrogen-bond donors (Lipinski definition) is 1. The molecule has 0 amide bonds. The SMILES string of the molecule is CCCCCCC=CCC=CCCCCCCC(=O)OCC(COP(=O)([O-])OCC(O)COP(=O)([O-])OCC(COC(=O)CCCCCCC=CCC=CC(C)CCCC)OC(=O)CCCCCCC=CCC=CCCCCCC)OC(=O)CCCCCCC=CCC=CCCCCCC.[Na+].[Na+]. The van der Waals surface area contributed by atoms with Crippen LogP contribution in [0, 0.1) is 5.92 Å². The first-order valence-corrected chi connectivity index (χ1v) is 42.3. The Labute approximate surface area is 664 Å². The molecule has 0 heterocycles. The molecule has 0 rings (SSSR count). The average Bonchev–Trinajstić information content (AvgIpc) is 0.907. The normalized spacial score (nSPS) is 14.5. The smallest absolute Gasteiger partial charge is 0.756 e. The first-order valence-electron chi connectivity index (χ1n) is 39.4. The molecule has 578 valence electrons. The first kappa shape index (κ1) is 104. The van der Waals surface area contributed by atoms with Gasteiger partial charge in [0.25, 0.3) is 15.6 Å². The molecule has 0 spiro atoms. The Morgan fingerprint density at radius 1 is 0.333 bits per heavy atom. The molecule has 0 aliphatic heterocycles.